The standard InChI is InChI=1S/C24H23N3O5/c1-26(2)24(29)18-9-6-10-20(14-18)25-23(28)16-32-22-12-11-21(27(30)31)15-19(22)13-17-7-4-3-5-8-17/h3-12,14-15H,13,16H2,1-2H3,(H,25,28). The summed E-state index contributed by atoms with van der Waals surface area (Å²) in [4.78, 5) is 36.7. The molecular weight excluding hydrogens is 410 g/mol. The summed E-state index contributed by atoms with van der Waals surface area (Å²) in [6.07, 6.45) is 0.425. The summed E-state index contributed by atoms with van der Waals surface area (Å²) in [5.74, 6) is -0.191. The van der Waals surface area contributed by atoms with Gasteiger partial charge in [0.25, 0.3) is 17.5 Å². The smallest absolute Gasteiger partial charge is 0.269 e. The molecule has 0 aliphatic heterocycles. The van der Waals surface area contributed by atoms with Crippen LogP contribution in [0, 0.1) is 10.1 Å². The number of non-ortho nitro benzene ring substituents is 1. The molecule has 0 fully saturated rings. The molecule has 1 N–H and O–H groups in total. The molecule has 0 unspecified atom stereocenters. The lowest BCUT2D eigenvalue weighted by Crippen LogP contribution is -2.23. The van der Waals surface area contributed by atoms with Crippen molar-refractivity contribution in [2.75, 3.05) is 26.0 Å². The molecule has 3 rings (SSSR count). The summed E-state index contributed by atoms with van der Waals surface area (Å²) in [5, 5.41) is 13.9. The zero-order valence-corrected chi connectivity index (χ0v) is 17.8. The number of hydrogen-bond donors (Lipinski definition) is 1. The largest absolute Gasteiger partial charge is 0.483 e. The summed E-state index contributed by atoms with van der Waals surface area (Å²) in [5.41, 5.74) is 2.45. The molecule has 3 aromatic rings. The van der Waals surface area contributed by atoms with Gasteiger partial charge < -0.3 is 15.0 Å². The second kappa shape index (κ2) is 10.2. The van der Waals surface area contributed by atoms with Gasteiger partial charge in [0.1, 0.15) is 5.75 Å². The number of benzene rings is 3. The van der Waals surface area contributed by atoms with Crippen molar-refractivity contribution >= 4 is 23.2 Å². The van der Waals surface area contributed by atoms with Gasteiger partial charge in [0.05, 0.1) is 4.92 Å². The van der Waals surface area contributed by atoms with E-state index >= 15 is 0 Å². The summed E-state index contributed by atoms with van der Waals surface area (Å²) in [6.45, 7) is -0.286. The molecule has 0 aliphatic rings. The Morgan fingerprint density at radius 2 is 1.75 bits per heavy atom. The zero-order chi connectivity index (χ0) is 23.1. The van der Waals surface area contributed by atoms with Gasteiger partial charge in [-0.15, -0.1) is 0 Å². The van der Waals surface area contributed by atoms with E-state index in [1.165, 1.54) is 23.1 Å². The Kier molecular flexibility index (Phi) is 7.17. The van der Waals surface area contributed by atoms with Crippen LogP contribution in [0.4, 0.5) is 11.4 Å². The maximum Gasteiger partial charge on any atom is 0.269 e. The van der Waals surface area contributed by atoms with Gasteiger partial charge in [0.15, 0.2) is 6.61 Å². The first-order chi connectivity index (χ1) is 15.3. The summed E-state index contributed by atoms with van der Waals surface area (Å²) < 4.78 is 5.68. The molecule has 0 heterocycles. The number of anilines is 1. The Bertz CT molecular complexity index is 1130. The lowest BCUT2D eigenvalue weighted by atomic mass is 10.0. The molecule has 0 aromatic heterocycles. The third-order valence-electron chi connectivity index (χ3n) is 4.65. The van der Waals surface area contributed by atoms with Crippen molar-refractivity contribution in [2.24, 2.45) is 0 Å². The Labute approximate surface area is 185 Å². The second-order valence-electron chi connectivity index (χ2n) is 7.33. The molecular formula is C24H23N3O5. The van der Waals surface area contributed by atoms with E-state index in [0.717, 1.165) is 5.56 Å². The van der Waals surface area contributed by atoms with E-state index < -0.39 is 10.8 Å². The molecule has 0 aliphatic carbocycles. The molecule has 0 saturated carbocycles. The average Bonchev–Trinajstić information content (AvgIpc) is 2.78. The van der Waals surface area contributed by atoms with Crippen LogP contribution in [0.3, 0.4) is 0 Å². The number of carbonyl (C=O) groups is 2. The van der Waals surface area contributed by atoms with Crippen LogP contribution in [0.5, 0.6) is 5.75 Å². The normalized spacial score (nSPS) is 10.3. The van der Waals surface area contributed by atoms with E-state index in [0.29, 0.717) is 29.0 Å². The maximum atomic E-state index is 12.4. The fourth-order valence-corrected chi connectivity index (χ4v) is 3.10. The molecule has 2 amide bonds. The van der Waals surface area contributed by atoms with E-state index in [1.807, 2.05) is 30.3 Å². The van der Waals surface area contributed by atoms with Crippen LogP contribution in [0.25, 0.3) is 0 Å². The van der Waals surface area contributed by atoms with Crippen molar-refractivity contribution in [3.8, 4) is 5.75 Å². The van der Waals surface area contributed by atoms with Crippen molar-refractivity contribution in [3.05, 3.63) is 99.6 Å². The van der Waals surface area contributed by atoms with E-state index in [9.17, 15) is 19.7 Å². The van der Waals surface area contributed by atoms with Gasteiger partial charge in [-0.3, -0.25) is 19.7 Å². The lowest BCUT2D eigenvalue weighted by Gasteiger charge is -2.13. The molecule has 164 valence electrons. The van der Waals surface area contributed by atoms with Crippen molar-refractivity contribution in [2.45, 2.75) is 6.42 Å². The molecule has 32 heavy (non-hydrogen) atoms. The Morgan fingerprint density at radius 1 is 1.00 bits per heavy atom. The van der Waals surface area contributed by atoms with Crippen LogP contribution in [0.15, 0.2) is 72.8 Å². The monoisotopic (exact) mass is 433 g/mol. The highest BCUT2D eigenvalue weighted by Gasteiger charge is 2.14. The van der Waals surface area contributed by atoms with Crippen LogP contribution in [0.1, 0.15) is 21.5 Å². The molecule has 0 atom stereocenters. The topological polar surface area (TPSA) is 102 Å². The van der Waals surface area contributed by atoms with Gasteiger partial charge in [-0.25, -0.2) is 0 Å². The van der Waals surface area contributed by atoms with E-state index in [2.05, 4.69) is 5.32 Å². The summed E-state index contributed by atoms with van der Waals surface area (Å²) in [7, 11) is 3.30. The fraction of sp³-hybridized carbons (Fsp3) is 0.167. The minimum atomic E-state index is -0.465. The molecule has 0 radical (unpaired) electrons. The highest BCUT2D eigenvalue weighted by atomic mass is 16.6. The minimum absolute atomic E-state index is 0.0462. The van der Waals surface area contributed by atoms with Gasteiger partial charge >= 0.3 is 0 Å². The first-order valence-electron chi connectivity index (χ1n) is 9.89. The fourth-order valence-electron chi connectivity index (χ4n) is 3.10. The van der Waals surface area contributed by atoms with E-state index in [4.69, 9.17) is 4.74 Å². The first kappa shape index (κ1) is 22.5. The Balaban J connectivity index is 1.71. The molecule has 0 spiro atoms. The number of carbonyl (C=O) groups excluding carboxylic acids is 2. The SMILES string of the molecule is CN(C)C(=O)c1cccc(NC(=O)COc2ccc([N+](=O)[O-])cc2Cc2ccccc2)c1. The maximum absolute atomic E-state index is 12.4. The predicted octanol–water partition coefficient (Wildman–Crippen LogP) is 3.90. The number of hydrogen-bond acceptors (Lipinski definition) is 5. The number of rotatable bonds is 8. The van der Waals surface area contributed by atoms with Crippen LogP contribution < -0.4 is 10.1 Å². The number of nitro benzene ring substituents is 1. The molecule has 3 aromatic carbocycles. The number of ether oxygens (including phenoxy) is 1. The quantitative estimate of drug-likeness (QED) is 0.429. The van der Waals surface area contributed by atoms with Gasteiger partial charge in [-0.2, -0.15) is 0 Å². The predicted molar refractivity (Wildman–Crippen MR) is 121 cm³/mol. The highest BCUT2D eigenvalue weighted by molar-refractivity contribution is 5.97. The van der Waals surface area contributed by atoms with Crippen LogP contribution in [-0.4, -0.2) is 42.3 Å². The minimum Gasteiger partial charge on any atom is -0.483 e. The van der Waals surface area contributed by atoms with Crippen LogP contribution in [0.2, 0.25) is 0 Å². The van der Waals surface area contributed by atoms with E-state index in [-0.39, 0.29) is 18.2 Å². The second-order valence-corrected chi connectivity index (χ2v) is 7.33. The van der Waals surface area contributed by atoms with E-state index in [1.54, 1.807) is 38.4 Å². The van der Waals surface area contributed by atoms with Crippen LogP contribution >= 0.6 is 0 Å². The van der Waals surface area contributed by atoms with Crippen molar-refractivity contribution in [3.63, 3.8) is 0 Å². The number of nitro groups is 1. The first-order valence-corrected chi connectivity index (χ1v) is 9.89. The molecule has 8 heteroatoms. The van der Waals surface area contributed by atoms with Gasteiger partial charge in [-0.05, 0) is 29.8 Å². The Hall–Kier alpha value is -4.20. The molecule has 0 bridgehead atoms. The molecule has 8 nitrogen and oxygen atoms in total. The summed E-state index contributed by atoms with van der Waals surface area (Å²) >= 11 is 0. The number of amides is 2. The third kappa shape index (κ3) is 5.91. The summed E-state index contributed by atoms with van der Waals surface area (Å²) in [6, 6.07) is 20.4. The average molecular weight is 433 g/mol. The van der Waals surface area contributed by atoms with Gasteiger partial charge in [0.2, 0.25) is 0 Å². The Morgan fingerprint density at radius 3 is 2.44 bits per heavy atom. The molecule has 0 saturated heterocycles. The lowest BCUT2D eigenvalue weighted by molar-refractivity contribution is -0.384. The van der Waals surface area contributed by atoms with Gasteiger partial charge in [0, 0.05) is 49.5 Å². The number of nitrogens with zero attached hydrogens (tertiary/aromatic N) is 2. The van der Waals surface area contributed by atoms with Crippen LogP contribution in [-0.2, 0) is 11.2 Å². The zero-order valence-electron chi connectivity index (χ0n) is 17.8. The van der Waals surface area contributed by atoms with Gasteiger partial charge in [-0.1, -0.05) is 36.4 Å². The number of nitrogens with one attached hydrogen (secondary N) is 1. The van der Waals surface area contributed by atoms with Crippen molar-refractivity contribution in [1.29, 1.82) is 0 Å². The van der Waals surface area contributed by atoms with Crippen molar-refractivity contribution in [1.82, 2.24) is 4.90 Å². The highest BCUT2D eigenvalue weighted by Crippen LogP contribution is 2.27. The third-order valence-corrected chi connectivity index (χ3v) is 4.65. The van der Waals surface area contributed by atoms with Crippen molar-refractivity contribution < 1.29 is 19.2 Å².